The van der Waals surface area contributed by atoms with Crippen molar-refractivity contribution in [3.8, 4) is 5.75 Å². The first-order valence-electron chi connectivity index (χ1n) is 7.76. The number of benzene rings is 2. The van der Waals surface area contributed by atoms with Gasteiger partial charge in [0, 0.05) is 11.6 Å². The molecular formula is C19H23NO2. The van der Waals surface area contributed by atoms with Crippen molar-refractivity contribution in [2.45, 2.75) is 33.3 Å². The first kappa shape index (κ1) is 16.1. The van der Waals surface area contributed by atoms with Gasteiger partial charge >= 0.3 is 0 Å². The molecular weight excluding hydrogens is 274 g/mol. The Bertz CT molecular complexity index is 578. The number of carbonyl (C=O) groups excluding carboxylic acids is 1. The predicted octanol–water partition coefficient (Wildman–Crippen LogP) is 4.64. The molecule has 0 radical (unpaired) electrons. The minimum atomic E-state index is 0.0407. The Morgan fingerprint density at radius 3 is 2.41 bits per heavy atom. The van der Waals surface area contributed by atoms with Gasteiger partial charge in [-0.25, -0.2) is 0 Å². The highest BCUT2D eigenvalue weighted by Gasteiger charge is 2.11. The first-order valence-corrected chi connectivity index (χ1v) is 7.76. The standard InChI is InChI=1S/C19H23NO2/c1-3-7-15(2)19(21)20-17-10-12-18(13-11-17)22-14-16-8-5-4-6-9-16/h4-6,8-13,15H,3,7,14H2,1-2H3,(H,20,21)/t15-/m1/s1. The molecule has 0 heterocycles. The molecule has 0 spiro atoms. The smallest absolute Gasteiger partial charge is 0.227 e. The molecule has 3 heteroatoms. The molecule has 2 aromatic carbocycles. The summed E-state index contributed by atoms with van der Waals surface area (Å²) < 4.78 is 5.73. The molecule has 1 atom stereocenters. The van der Waals surface area contributed by atoms with Crippen LogP contribution in [0.4, 0.5) is 5.69 Å². The summed E-state index contributed by atoms with van der Waals surface area (Å²) in [6.45, 7) is 4.58. The lowest BCUT2D eigenvalue weighted by atomic mass is 10.1. The van der Waals surface area contributed by atoms with Gasteiger partial charge in [-0.2, -0.15) is 0 Å². The van der Waals surface area contributed by atoms with Crippen molar-refractivity contribution in [3.63, 3.8) is 0 Å². The summed E-state index contributed by atoms with van der Waals surface area (Å²) in [6, 6.07) is 17.5. The third kappa shape index (κ3) is 4.92. The van der Waals surface area contributed by atoms with Gasteiger partial charge in [-0.15, -0.1) is 0 Å². The van der Waals surface area contributed by atoms with E-state index in [1.807, 2.05) is 61.5 Å². The highest BCUT2D eigenvalue weighted by atomic mass is 16.5. The minimum absolute atomic E-state index is 0.0407. The maximum Gasteiger partial charge on any atom is 0.227 e. The Morgan fingerprint density at radius 1 is 1.09 bits per heavy atom. The first-order chi connectivity index (χ1) is 10.7. The van der Waals surface area contributed by atoms with Gasteiger partial charge in [0.2, 0.25) is 5.91 Å². The van der Waals surface area contributed by atoms with Crippen LogP contribution in [0.15, 0.2) is 54.6 Å². The summed E-state index contributed by atoms with van der Waals surface area (Å²) in [6.07, 6.45) is 1.92. The van der Waals surface area contributed by atoms with E-state index in [1.54, 1.807) is 0 Å². The molecule has 0 unspecified atom stereocenters. The number of ether oxygens (including phenoxy) is 1. The Hall–Kier alpha value is -2.29. The van der Waals surface area contributed by atoms with Gasteiger partial charge < -0.3 is 10.1 Å². The molecule has 22 heavy (non-hydrogen) atoms. The second kappa shape index (κ2) is 8.23. The molecule has 0 aliphatic heterocycles. The van der Waals surface area contributed by atoms with E-state index in [0.29, 0.717) is 6.61 Å². The van der Waals surface area contributed by atoms with Crippen molar-refractivity contribution in [1.82, 2.24) is 0 Å². The summed E-state index contributed by atoms with van der Waals surface area (Å²) in [4.78, 5) is 12.0. The fourth-order valence-corrected chi connectivity index (χ4v) is 2.20. The molecule has 0 bridgehead atoms. The van der Waals surface area contributed by atoms with Crippen LogP contribution in [0.2, 0.25) is 0 Å². The maximum absolute atomic E-state index is 12.0. The zero-order chi connectivity index (χ0) is 15.8. The Balaban J connectivity index is 1.86. The third-order valence-corrected chi connectivity index (χ3v) is 3.54. The minimum Gasteiger partial charge on any atom is -0.489 e. The lowest BCUT2D eigenvalue weighted by Gasteiger charge is -2.12. The van der Waals surface area contributed by atoms with Crippen LogP contribution in [0.5, 0.6) is 5.75 Å². The maximum atomic E-state index is 12.0. The van der Waals surface area contributed by atoms with Gasteiger partial charge in [0.25, 0.3) is 0 Å². The Morgan fingerprint density at radius 2 is 1.77 bits per heavy atom. The van der Waals surface area contributed by atoms with Gasteiger partial charge in [-0.3, -0.25) is 4.79 Å². The number of nitrogens with one attached hydrogen (secondary N) is 1. The topological polar surface area (TPSA) is 38.3 Å². The molecule has 0 aromatic heterocycles. The molecule has 1 amide bonds. The van der Waals surface area contributed by atoms with Crippen LogP contribution in [-0.2, 0) is 11.4 Å². The lowest BCUT2D eigenvalue weighted by molar-refractivity contribution is -0.119. The fraction of sp³-hybridized carbons (Fsp3) is 0.316. The molecule has 116 valence electrons. The highest BCUT2D eigenvalue weighted by molar-refractivity contribution is 5.92. The molecule has 1 N–H and O–H groups in total. The van der Waals surface area contributed by atoms with Crippen LogP contribution in [0.25, 0.3) is 0 Å². The van der Waals surface area contributed by atoms with Gasteiger partial charge in [0.15, 0.2) is 0 Å². The lowest BCUT2D eigenvalue weighted by Crippen LogP contribution is -2.20. The zero-order valence-corrected chi connectivity index (χ0v) is 13.2. The number of hydrogen-bond acceptors (Lipinski definition) is 2. The van der Waals surface area contributed by atoms with Crippen LogP contribution < -0.4 is 10.1 Å². The van der Waals surface area contributed by atoms with E-state index in [9.17, 15) is 4.79 Å². The van der Waals surface area contributed by atoms with E-state index in [1.165, 1.54) is 0 Å². The van der Waals surface area contributed by atoms with Gasteiger partial charge in [0.05, 0.1) is 0 Å². The summed E-state index contributed by atoms with van der Waals surface area (Å²) in [7, 11) is 0. The van der Waals surface area contributed by atoms with Crippen LogP contribution in [-0.4, -0.2) is 5.91 Å². The van der Waals surface area contributed by atoms with E-state index in [2.05, 4.69) is 12.2 Å². The van der Waals surface area contributed by atoms with Crippen molar-refractivity contribution in [2.24, 2.45) is 5.92 Å². The Labute approximate surface area is 132 Å². The van der Waals surface area contributed by atoms with Gasteiger partial charge in [0.1, 0.15) is 12.4 Å². The molecule has 2 aromatic rings. The van der Waals surface area contributed by atoms with Gasteiger partial charge in [-0.05, 0) is 36.2 Å². The highest BCUT2D eigenvalue weighted by Crippen LogP contribution is 2.18. The van der Waals surface area contributed by atoms with Gasteiger partial charge in [-0.1, -0.05) is 50.6 Å². The molecule has 0 saturated heterocycles. The number of carbonyl (C=O) groups is 1. The van der Waals surface area contributed by atoms with E-state index in [0.717, 1.165) is 29.8 Å². The van der Waals surface area contributed by atoms with Crippen molar-refractivity contribution >= 4 is 11.6 Å². The summed E-state index contributed by atoms with van der Waals surface area (Å²) in [5.41, 5.74) is 1.94. The fourth-order valence-electron chi connectivity index (χ4n) is 2.20. The molecule has 3 nitrogen and oxygen atoms in total. The van der Waals surface area contributed by atoms with E-state index >= 15 is 0 Å². The summed E-state index contributed by atoms with van der Waals surface area (Å²) in [5.74, 6) is 0.905. The molecule has 0 aliphatic rings. The average Bonchev–Trinajstić information content (AvgIpc) is 2.55. The normalized spacial score (nSPS) is 11.7. The van der Waals surface area contributed by atoms with Crippen LogP contribution in [0, 0.1) is 5.92 Å². The molecule has 0 fully saturated rings. The van der Waals surface area contributed by atoms with Crippen molar-refractivity contribution < 1.29 is 9.53 Å². The third-order valence-electron chi connectivity index (χ3n) is 3.54. The SMILES string of the molecule is CCC[C@@H](C)C(=O)Nc1ccc(OCc2ccccc2)cc1. The summed E-state index contributed by atoms with van der Waals surface area (Å²) >= 11 is 0. The average molecular weight is 297 g/mol. The second-order valence-corrected chi connectivity index (χ2v) is 5.48. The zero-order valence-electron chi connectivity index (χ0n) is 13.2. The number of rotatable bonds is 7. The van der Waals surface area contributed by atoms with E-state index < -0.39 is 0 Å². The van der Waals surface area contributed by atoms with Crippen LogP contribution in [0.1, 0.15) is 32.3 Å². The van der Waals surface area contributed by atoms with Crippen LogP contribution in [0.3, 0.4) is 0 Å². The molecule has 0 aliphatic carbocycles. The van der Waals surface area contributed by atoms with E-state index in [4.69, 9.17) is 4.74 Å². The summed E-state index contributed by atoms with van der Waals surface area (Å²) in [5, 5.41) is 2.93. The quantitative estimate of drug-likeness (QED) is 0.808. The Kier molecular flexibility index (Phi) is 6.01. The monoisotopic (exact) mass is 297 g/mol. The number of anilines is 1. The molecule has 0 saturated carbocycles. The molecule has 2 rings (SSSR count). The van der Waals surface area contributed by atoms with Crippen LogP contribution >= 0.6 is 0 Å². The van der Waals surface area contributed by atoms with Crippen molar-refractivity contribution in [3.05, 3.63) is 60.2 Å². The predicted molar refractivity (Wildman–Crippen MR) is 89.9 cm³/mol. The second-order valence-electron chi connectivity index (χ2n) is 5.48. The van der Waals surface area contributed by atoms with Crippen molar-refractivity contribution in [2.75, 3.05) is 5.32 Å². The largest absolute Gasteiger partial charge is 0.489 e. The number of amides is 1. The van der Waals surface area contributed by atoms with Crippen molar-refractivity contribution in [1.29, 1.82) is 0 Å². The van der Waals surface area contributed by atoms with E-state index in [-0.39, 0.29) is 11.8 Å². The number of hydrogen-bond donors (Lipinski definition) is 1.